The second-order valence-corrected chi connectivity index (χ2v) is 7.46. The molecule has 0 spiro atoms. The summed E-state index contributed by atoms with van der Waals surface area (Å²) in [7, 11) is -3.50. The van der Waals surface area contributed by atoms with E-state index in [-0.39, 0.29) is 24.4 Å². The zero-order chi connectivity index (χ0) is 15.5. The third kappa shape index (κ3) is 3.73. The van der Waals surface area contributed by atoms with Crippen molar-refractivity contribution in [2.75, 3.05) is 23.7 Å². The highest BCUT2D eigenvalue weighted by atomic mass is 79.9. The summed E-state index contributed by atoms with van der Waals surface area (Å²) in [5.74, 6) is -0.558. The van der Waals surface area contributed by atoms with Crippen LogP contribution < -0.4 is 4.31 Å². The normalized spacial score (nSPS) is 11.2. The number of halogens is 2. The summed E-state index contributed by atoms with van der Waals surface area (Å²) in [5.41, 5.74) is 0.483. The van der Waals surface area contributed by atoms with Crippen LogP contribution in [0.25, 0.3) is 0 Å². The van der Waals surface area contributed by atoms with Crippen molar-refractivity contribution < 1.29 is 17.9 Å². The van der Waals surface area contributed by atoms with Gasteiger partial charge in [0.1, 0.15) is 0 Å². The molecule has 0 saturated heterocycles. The van der Waals surface area contributed by atoms with Gasteiger partial charge in [0.15, 0.2) is 0 Å². The predicted octanol–water partition coefficient (Wildman–Crippen LogP) is 3.17. The molecule has 0 radical (unpaired) electrons. The van der Waals surface area contributed by atoms with Gasteiger partial charge in [-0.25, -0.2) is 13.2 Å². The van der Waals surface area contributed by atoms with E-state index in [9.17, 15) is 13.2 Å². The van der Waals surface area contributed by atoms with Gasteiger partial charge < -0.3 is 4.74 Å². The van der Waals surface area contributed by atoms with Crippen molar-refractivity contribution in [2.45, 2.75) is 13.8 Å². The van der Waals surface area contributed by atoms with Gasteiger partial charge in [0.25, 0.3) is 0 Å². The van der Waals surface area contributed by atoms with E-state index in [1.807, 2.05) is 0 Å². The third-order valence-electron chi connectivity index (χ3n) is 2.50. The van der Waals surface area contributed by atoms with Crippen molar-refractivity contribution in [3.05, 3.63) is 26.6 Å². The Morgan fingerprint density at radius 1 is 1.30 bits per heavy atom. The molecule has 0 aliphatic rings. The Hall–Kier alpha value is -0.600. The molecule has 1 aromatic rings. The Balaban J connectivity index is 3.56. The number of ether oxygens (including phenoxy) is 1. The average molecular weight is 429 g/mol. The molecule has 0 aliphatic carbocycles. The lowest BCUT2D eigenvalue weighted by atomic mass is 10.2. The van der Waals surface area contributed by atoms with E-state index < -0.39 is 16.0 Å². The quantitative estimate of drug-likeness (QED) is 0.675. The monoisotopic (exact) mass is 427 g/mol. The number of esters is 1. The van der Waals surface area contributed by atoms with Gasteiger partial charge in [-0.3, -0.25) is 4.31 Å². The molecule has 112 valence electrons. The number of rotatable bonds is 5. The first kappa shape index (κ1) is 17.5. The van der Waals surface area contributed by atoms with Crippen LogP contribution in [-0.2, 0) is 14.8 Å². The maximum absolute atomic E-state index is 12.0. The van der Waals surface area contributed by atoms with Crippen LogP contribution in [0.3, 0.4) is 0 Å². The Bertz CT molecular complexity index is 616. The van der Waals surface area contributed by atoms with Crippen LogP contribution in [0, 0.1) is 0 Å². The molecule has 0 fully saturated rings. The fourth-order valence-electron chi connectivity index (χ4n) is 1.72. The van der Waals surface area contributed by atoms with Crippen molar-refractivity contribution in [1.29, 1.82) is 0 Å². The first-order valence-corrected chi connectivity index (χ1v) is 9.30. The summed E-state index contributed by atoms with van der Waals surface area (Å²) in [4.78, 5) is 12.0. The van der Waals surface area contributed by atoms with Gasteiger partial charge in [0.2, 0.25) is 10.0 Å². The Labute approximate surface area is 135 Å². The van der Waals surface area contributed by atoms with Crippen LogP contribution in [0.5, 0.6) is 0 Å². The summed E-state index contributed by atoms with van der Waals surface area (Å²) in [6, 6.07) is 3.20. The number of hydrogen-bond donors (Lipinski definition) is 0. The van der Waals surface area contributed by atoms with E-state index >= 15 is 0 Å². The molecule has 20 heavy (non-hydrogen) atoms. The first-order chi connectivity index (χ1) is 9.23. The van der Waals surface area contributed by atoms with E-state index in [0.717, 1.165) is 10.6 Å². The summed E-state index contributed by atoms with van der Waals surface area (Å²) < 4.78 is 31.1. The van der Waals surface area contributed by atoms with Gasteiger partial charge >= 0.3 is 5.97 Å². The topological polar surface area (TPSA) is 63.7 Å². The fourth-order valence-corrected chi connectivity index (χ4v) is 3.70. The largest absolute Gasteiger partial charge is 0.462 e. The van der Waals surface area contributed by atoms with Crippen molar-refractivity contribution in [3.63, 3.8) is 0 Å². The van der Waals surface area contributed by atoms with Crippen LogP contribution in [0.1, 0.15) is 24.2 Å². The molecule has 0 saturated carbocycles. The van der Waals surface area contributed by atoms with Gasteiger partial charge in [0, 0.05) is 11.0 Å². The number of sulfonamides is 1. The van der Waals surface area contributed by atoms with Gasteiger partial charge in [-0.1, -0.05) is 0 Å². The molecule has 1 rings (SSSR count). The summed E-state index contributed by atoms with van der Waals surface area (Å²) in [6.45, 7) is 3.82. The number of hydrogen-bond acceptors (Lipinski definition) is 4. The first-order valence-electron chi connectivity index (χ1n) is 5.86. The van der Waals surface area contributed by atoms with Crippen molar-refractivity contribution in [1.82, 2.24) is 0 Å². The molecule has 8 heteroatoms. The lowest BCUT2D eigenvalue weighted by Gasteiger charge is -2.24. The molecule has 0 N–H and O–H groups in total. The zero-order valence-corrected chi connectivity index (χ0v) is 15.3. The summed E-state index contributed by atoms with van der Waals surface area (Å²) in [5, 5.41) is 0. The van der Waals surface area contributed by atoms with Crippen molar-refractivity contribution in [2.24, 2.45) is 0 Å². The minimum absolute atomic E-state index is 0.203. The summed E-state index contributed by atoms with van der Waals surface area (Å²) in [6.07, 6.45) is 1.10. The second kappa shape index (κ2) is 6.91. The van der Waals surface area contributed by atoms with Crippen molar-refractivity contribution in [3.8, 4) is 0 Å². The van der Waals surface area contributed by atoms with E-state index in [4.69, 9.17) is 4.74 Å². The number of carbonyl (C=O) groups is 1. The molecular weight excluding hydrogens is 414 g/mol. The minimum Gasteiger partial charge on any atom is -0.462 e. The molecule has 0 atom stereocenters. The number of carbonyl (C=O) groups excluding carboxylic acids is 1. The Kier molecular flexibility index (Phi) is 6.03. The highest BCUT2D eigenvalue weighted by molar-refractivity contribution is 9.13. The van der Waals surface area contributed by atoms with Crippen LogP contribution in [-0.4, -0.2) is 33.8 Å². The summed E-state index contributed by atoms with van der Waals surface area (Å²) >= 11 is 6.64. The van der Waals surface area contributed by atoms with Crippen LogP contribution in [0.4, 0.5) is 5.69 Å². The van der Waals surface area contributed by atoms with E-state index in [2.05, 4.69) is 31.9 Å². The fraction of sp³-hybridized carbons (Fsp3) is 0.417. The SMILES string of the molecule is CCOC(=O)c1ccc(Br)c(Br)c1N(CC)S(C)(=O)=O. The van der Waals surface area contributed by atoms with E-state index in [1.54, 1.807) is 19.9 Å². The average Bonchev–Trinajstić information content (AvgIpc) is 2.34. The molecule has 0 aromatic heterocycles. The van der Waals surface area contributed by atoms with Gasteiger partial charge in [-0.2, -0.15) is 0 Å². The molecule has 0 aliphatic heterocycles. The molecule has 5 nitrogen and oxygen atoms in total. The highest BCUT2D eigenvalue weighted by Gasteiger charge is 2.26. The van der Waals surface area contributed by atoms with E-state index in [1.165, 1.54) is 6.07 Å². The zero-order valence-electron chi connectivity index (χ0n) is 11.3. The lowest BCUT2D eigenvalue weighted by molar-refractivity contribution is 0.0527. The van der Waals surface area contributed by atoms with E-state index in [0.29, 0.717) is 8.95 Å². The Morgan fingerprint density at radius 3 is 2.35 bits per heavy atom. The number of nitrogens with zero attached hydrogens (tertiary/aromatic N) is 1. The minimum atomic E-state index is -3.50. The maximum Gasteiger partial charge on any atom is 0.340 e. The van der Waals surface area contributed by atoms with Gasteiger partial charge in [-0.05, 0) is 57.8 Å². The van der Waals surface area contributed by atoms with Crippen LogP contribution in [0.2, 0.25) is 0 Å². The van der Waals surface area contributed by atoms with Gasteiger partial charge in [0.05, 0.1) is 28.6 Å². The van der Waals surface area contributed by atoms with Crippen molar-refractivity contribution >= 4 is 53.5 Å². The standard InChI is InChI=1S/C12H15Br2NO4S/c1-4-15(20(3,17)18)11-8(12(16)19-5-2)6-7-9(13)10(11)14/h6-7H,4-5H2,1-3H3. The maximum atomic E-state index is 12.0. The third-order valence-corrected chi connectivity index (χ3v) is 5.74. The highest BCUT2D eigenvalue weighted by Crippen LogP contribution is 2.37. The number of anilines is 1. The molecule has 0 amide bonds. The Morgan fingerprint density at radius 2 is 1.90 bits per heavy atom. The van der Waals surface area contributed by atoms with Crippen LogP contribution >= 0.6 is 31.9 Å². The molecule has 0 unspecified atom stereocenters. The second-order valence-electron chi connectivity index (χ2n) is 3.91. The molecule has 1 aromatic carbocycles. The number of benzene rings is 1. The molecule has 0 heterocycles. The van der Waals surface area contributed by atoms with Gasteiger partial charge in [-0.15, -0.1) is 0 Å². The lowest BCUT2D eigenvalue weighted by Crippen LogP contribution is -2.31. The molecular formula is C12H15Br2NO4S. The molecule has 0 bridgehead atoms. The predicted molar refractivity (Wildman–Crippen MR) is 85.7 cm³/mol. The smallest absolute Gasteiger partial charge is 0.340 e. The van der Waals surface area contributed by atoms with Crippen LogP contribution in [0.15, 0.2) is 21.1 Å².